The lowest BCUT2D eigenvalue weighted by atomic mass is 10.1. The number of nitrogens with one attached hydrogen (secondary N) is 2. The van der Waals surface area contributed by atoms with Crippen LogP contribution in [-0.4, -0.2) is 23.5 Å². The van der Waals surface area contributed by atoms with Gasteiger partial charge in [-0.1, -0.05) is 29.8 Å². The molecule has 2 amide bonds. The van der Waals surface area contributed by atoms with Gasteiger partial charge in [0.2, 0.25) is 5.91 Å². The van der Waals surface area contributed by atoms with Crippen molar-refractivity contribution in [3.05, 3.63) is 64.7 Å². The molecule has 23 heavy (non-hydrogen) atoms. The van der Waals surface area contributed by atoms with E-state index in [4.69, 9.17) is 11.6 Å². The first-order valence-corrected chi connectivity index (χ1v) is 7.43. The molecular formula is C17H17ClN2O3. The third-order valence-corrected chi connectivity index (χ3v) is 3.41. The topological polar surface area (TPSA) is 78.4 Å². The summed E-state index contributed by atoms with van der Waals surface area (Å²) in [6.07, 6.45) is -0.824. The number of hydrogen-bond acceptors (Lipinski definition) is 3. The van der Waals surface area contributed by atoms with Crippen LogP contribution in [0.5, 0.6) is 0 Å². The molecule has 1 atom stereocenters. The van der Waals surface area contributed by atoms with E-state index >= 15 is 0 Å². The summed E-state index contributed by atoms with van der Waals surface area (Å²) in [6.45, 7) is 1.47. The van der Waals surface area contributed by atoms with Gasteiger partial charge in [0.1, 0.15) is 0 Å². The molecule has 2 aromatic carbocycles. The van der Waals surface area contributed by atoms with Crippen LogP contribution in [0, 0.1) is 0 Å². The predicted octanol–water partition coefficient (Wildman–Crippen LogP) is 2.76. The molecule has 6 heteroatoms. The molecule has 3 N–H and O–H groups in total. The van der Waals surface area contributed by atoms with Crippen LogP contribution < -0.4 is 10.6 Å². The Balaban J connectivity index is 1.96. The molecule has 2 rings (SSSR count). The fraction of sp³-hybridized carbons (Fsp3) is 0.176. The molecule has 120 valence electrons. The van der Waals surface area contributed by atoms with Crippen LogP contribution in [0.4, 0.5) is 5.69 Å². The van der Waals surface area contributed by atoms with Gasteiger partial charge in [-0.05, 0) is 35.9 Å². The summed E-state index contributed by atoms with van der Waals surface area (Å²) in [4.78, 5) is 23.2. The fourth-order valence-corrected chi connectivity index (χ4v) is 2.16. The Morgan fingerprint density at radius 2 is 1.87 bits per heavy atom. The van der Waals surface area contributed by atoms with Crippen molar-refractivity contribution in [2.24, 2.45) is 0 Å². The molecule has 5 nitrogen and oxygen atoms in total. The van der Waals surface area contributed by atoms with Gasteiger partial charge >= 0.3 is 0 Å². The molecule has 1 unspecified atom stereocenters. The van der Waals surface area contributed by atoms with E-state index in [2.05, 4.69) is 10.6 Å². The number of rotatable bonds is 5. The number of anilines is 1. The molecule has 0 fully saturated rings. The zero-order valence-corrected chi connectivity index (χ0v) is 13.3. The number of benzene rings is 2. The minimum Gasteiger partial charge on any atom is -0.387 e. The van der Waals surface area contributed by atoms with E-state index in [1.165, 1.54) is 6.92 Å². The predicted molar refractivity (Wildman–Crippen MR) is 89.5 cm³/mol. The number of aliphatic hydroxyl groups excluding tert-OH is 1. The monoisotopic (exact) mass is 332 g/mol. The zero-order valence-electron chi connectivity index (χ0n) is 12.5. The van der Waals surface area contributed by atoms with Gasteiger partial charge in [-0.15, -0.1) is 0 Å². The maximum absolute atomic E-state index is 12.1. The first kappa shape index (κ1) is 17.0. The molecule has 0 radical (unpaired) electrons. The Morgan fingerprint density at radius 1 is 1.17 bits per heavy atom. The first-order valence-electron chi connectivity index (χ1n) is 7.05. The van der Waals surface area contributed by atoms with Crippen LogP contribution >= 0.6 is 11.6 Å². The summed E-state index contributed by atoms with van der Waals surface area (Å²) in [5.41, 5.74) is 1.62. The summed E-state index contributed by atoms with van der Waals surface area (Å²) in [5.74, 6) is -0.536. The van der Waals surface area contributed by atoms with E-state index in [1.54, 1.807) is 48.5 Å². The molecule has 0 heterocycles. The molecule has 0 aliphatic rings. The fourth-order valence-electron chi connectivity index (χ4n) is 2.04. The van der Waals surface area contributed by atoms with Crippen molar-refractivity contribution in [1.29, 1.82) is 0 Å². The summed E-state index contributed by atoms with van der Waals surface area (Å²) >= 11 is 5.79. The van der Waals surface area contributed by atoms with Crippen molar-refractivity contribution in [3.63, 3.8) is 0 Å². The van der Waals surface area contributed by atoms with Crippen molar-refractivity contribution in [3.8, 4) is 0 Å². The number of halogens is 1. The van der Waals surface area contributed by atoms with Gasteiger partial charge in [0.25, 0.3) is 5.91 Å². The van der Waals surface area contributed by atoms with Gasteiger partial charge in [-0.3, -0.25) is 9.59 Å². The van der Waals surface area contributed by atoms with Crippen molar-refractivity contribution in [2.45, 2.75) is 13.0 Å². The normalized spacial score (nSPS) is 11.6. The average molecular weight is 333 g/mol. The molecule has 0 saturated carbocycles. The second kappa shape index (κ2) is 7.76. The number of aliphatic hydroxyl groups is 1. The van der Waals surface area contributed by atoms with E-state index in [0.717, 1.165) is 0 Å². The minimum absolute atomic E-state index is 0.0742. The van der Waals surface area contributed by atoms with E-state index in [0.29, 0.717) is 21.8 Å². The van der Waals surface area contributed by atoms with Gasteiger partial charge in [0, 0.05) is 29.7 Å². The molecule has 0 aliphatic carbocycles. The van der Waals surface area contributed by atoms with Crippen LogP contribution in [0.1, 0.15) is 28.9 Å². The Hall–Kier alpha value is -2.37. The van der Waals surface area contributed by atoms with E-state index in [1.807, 2.05) is 0 Å². The third-order valence-electron chi connectivity index (χ3n) is 3.16. The third kappa shape index (κ3) is 5.09. The van der Waals surface area contributed by atoms with Crippen molar-refractivity contribution >= 4 is 29.1 Å². The molecule has 0 aromatic heterocycles. The van der Waals surface area contributed by atoms with Crippen LogP contribution in [0.2, 0.25) is 5.02 Å². The van der Waals surface area contributed by atoms with Gasteiger partial charge in [0.05, 0.1) is 6.10 Å². The number of carbonyl (C=O) groups is 2. The highest BCUT2D eigenvalue weighted by Crippen LogP contribution is 2.16. The highest BCUT2D eigenvalue weighted by molar-refractivity contribution is 6.30. The van der Waals surface area contributed by atoms with Crippen LogP contribution in [-0.2, 0) is 4.79 Å². The molecular weight excluding hydrogens is 316 g/mol. The maximum Gasteiger partial charge on any atom is 0.251 e. The van der Waals surface area contributed by atoms with Crippen molar-refractivity contribution in [2.75, 3.05) is 11.9 Å². The molecule has 2 aromatic rings. The summed E-state index contributed by atoms with van der Waals surface area (Å²) in [6, 6.07) is 13.3. The quantitative estimate of drug-likeness (QED) is 0.787. The second-order valence-electron chi connectivity index (χ2n) is 5.04. The van der Waals surface area contributed by atoms with E-state index < -0.39 is 6.10 Å². The van der Waals surface area contributed by atoms with E-state index in [-0.39, 0.29) is 18.4 Å². The zero-order chi connectivity index (χ0) is 16.8. The van der Waals surface area contributed by atoms with E-state index in [9.17, 15) is 14.7 Å². The van der Waals surface area contributed by atoms with Crippen LogP contribution in [0.25, 0.3) is 0 Å². The van der Waals surface area contributed by atoms with Crippen molar-refractivity contribution in [1.82, 2.24) is 5.32 Å². The van der Waals surface area contributed by atoms with Crippen molar-refractivity contribution < 1.29 is 14.7 Å². The Bertz CT molecular complexity index is 701. The molecule has 0 aliphatic heterocycles. The lowest BCUT2D eigenvalue weighted by Crippen LogP contribution is -2.28. The highest BCUT2D eigenvalue weighted by Gasteiger charge is 2.11. The Kier molecular flexibility index (Phi) is 5.73. The molecule has 0 bridgehead atoms. The Morgan fingerprint density at radius 3 is 2.52 bits per heavy atom. The maximum atomic E-state index is 12.1. The highest BCUT2D eigenvalue weighted by atomic mass is 35.5. The molecule has 0 saturated heterocycles. The van der Waals surface area contributed by atoms with Gasteiger partial charge in [-0.25, -0.2) is 0 Å². The van der Waals surface area contributed by atoms with Gasteiger partial charge < -0.3 is 15.7 Å². The standard InChI is InChI=1S/C17H17ClN2O3/c1-11(21)20-15-4-2-3-13(9-15)17(23)19-10-16(22)12-5-7-14(18)8-6-12/h2-9,16,22H,10H2,1H3,(H,19,23)(H,20,21). The summed E-state index contributed by atoms with van der Waals surface area (Å²) in [7, 11) is 0. The first-order chi connectivity index (χ1) is 11.0. The largest absolute Gasteiger partial charge is 0.387 e. The Labute approximate surface area is 139 Å². The number of hydrogen-bond donors (Lipinski definition) is 3. The average Bonchev–Trinajstić information content (AvgIpc) is 2.52. The number of carbonyl (C=O) groups excluding carboxylic acids is 2. The van der Waals surface area contributed by atoms with Crippen LogP contribution in [0.3, 0.4) is 0 Å². The number of amides is 2. The molecule has 0 spiro atoms. The second-order valence-corrected chi connectivity index (χ2v) is 5.48. The SMILES string of the molecule is CC(=O)Nc1cccc(C(=O)NCC(O)c2ccc(Cl)cc2)c1. The van der Waals surface area contributed by atoms with Gasteiger partial charge in [0.15, 0.2) is 0 Å². The lowest BCUT2D eigenvalue weighted by Gasteiger charge is -2.13. The smallest absolute Gasteiger partial charge is 0.251 e. The minimum atomic E-state index is -0.824. The lowest BCUT2D eigenvalue weighted by molar-refractivity contribution is -0.114. The van der Waals surface area contributed by atoms with Crippen LogP contribution in [0.15, 0.2) is 48.5 Å². The summed E-state index contributed by atoms with van der Waals surface area (Å²) < 4.78 is 0. The van der Waals surface area contributed by atoms with Gasteiger partial charge in [-0.2, -0.15) is 0 Å². The summed E-state index contributed by atoms with van der Waals surface area (Å²) in [5, 5.41) is 15.9.